The van der Waals surface area contributed by atoms with E-state index in [9.17, 15) is 9.59 Å². The summed E-state index contributed by atoms with van der Waals surface area (Å²) in [7, 11) is 0. The molecule has 1 amide bonds. The molecule has 0 spiro atoms. The number of carbonyl (C=O) groups is 2. The van der Waals surface area contributed by atoms with E-state index in [1.54, 1.807) is 6.20 Å². The average Bonchev–Trinajstić information content (AvgIpc) is 3.23. The first-order valence-electron chi connectivity index (χ1n) is 11.7. The molecule has 7 heteroatoms. The van der Waals surface area contributed by atoms with Crippen LogP contribution in [0.2, 0.25) is 0 Å². The third-order valence-electron chi connectivity index (χ3n) is 6.45. The predicted molar refractivity (Wildman–Crippen MR) is 134 cm³/mol. The van der Waals surface area contributed by atoms with E-state index in [1.165, 1.54) is 11.3 Å². The molecule has 5 rings (SSSR count). The number of aromatic nitrogens is 1. The molecule has 6 nitrogen and oxygen atoms in total. The fourth-order valence-corrected chi connectivity index (χ4v) is 6.15. The Balaban J connectivity index is 1.57. The zero-order valence-electron chi connectivity index (χ0n) is 19.5. The van der Waals surface area contributed by atoms with Crippen LogP contribution in [0.5, 0.6) is 0 Å². The minimum Gasteiger partial charge on any atom is -0.378 e. The highest BCUT2D eigenvalue weighted by Gasteiger charge is 2.39. The van der Waals surface area contributed by atoms with Crippen molar-refractivity contribution in [1.82, 2.24) is 10.3 Å². The molecule has 1 N–H and O–H groups in total. The SMILES string of the molecule is CC1(C)CC(=O)c2sc(N3CCOCC3)c(C(=O)NC(c3ccccc3)c3ccccn3)c2C1. The van der Waals surface area contributed by atoms with Gasteiger partial charge in [-0.15, -0.1) is 11.3 Å². The van der Waals surface area contributed by atoms with Crippen molar-refractivity contribution in [1.29, 1.82) is 0 Å². The van der Waals surface area contributed by atoms with Gasteiger partial charge in [0.1, 0.15) is 5.00 Å². The second-order valence-corrected chi connectivity index (χ2v) is 10.7. The number of Topliss-reactive ketones (excluding diaryl/α,β-unsaturated/α-hetero) is 1. The molecule has 2 aromatic heterocycles. The molecule has 0 saturated carbocycles. The first-order chi connectivity index (χ1) is 16.4. The molecule has 1 atom stereocenters. The van der Waals surface area contributed by atoms with Crippen molar-refractivity contribution in [3.63, 3.8) is 0 Å². The molecule has 1 aliphatic carbocycles. The number of pyridine rings is 1. The van der Waals surface area contributed by atoms with Crippen molar-refractivity contribution >= 4 is 28.0 Å². The van der Waals surface area contributed by atoms with Gasteiger partial charge in [-0.25, -0.2) is 0 Å². The lowest BCUT2D eigenvalue weighted by Crippen LogP contribution is -2.38. The number of ketones is 1. The fraction of sp³-hybridized carbons (Fsp3) is 0.370. The van der Waals surface area contributed by atoms with Gasteiger partial charge in [-0.1, -0.05) is 50.2 Å². The van der Waals surface area contributed by atoms with E-state index in [-0.39, 0.29) is 17.1 Å². The first-order valence-corrected chi connectivity index (χ1v) is 12.5. The monoisotopic (exact) mass is 475 g/mol. The molecule has 34 heavy (non-hydrogen) atoms. The van der Waals surface area contributed by atoms with Crippen LogP contribution in [0.15, 0.2) is 54.7 Å². The van der Waals surface area contributed by atoms with Crippen molar-refractivity contribution in [2.24, 2.45) is 5.41 Å². The Morgan fingerprint density at radius 1 is 1.09 bits per heavy atom. The Labute approximate surface area is 204 Å². The Kier molecular flexibility index (Phi) is 6.23. The van der Waals surface area contributed by atoms with Crippen molar-refractivity contribution < 1.29 is 14.3 Å². The highest BCUT2D eigenvalue weighted by Crippen LogP contribution is 2.45. The topological polar surface area (TPSA) is 71.5 Å². The summed E-state index contributed by atoms with van der Waals surface area (Å²) in [5.41, 5.74) is 3.08. The molecule has 1 unspecified atom stereocenters. The summed E-state index contributed by atoms with van der Waals surface area (Å²) in [6.45, 7) is 6.84. The molecule has 176 valence electrons. The lowest BCUT2D eigenvalue weighted by molar-refractivity contribution is 0.0915. The van der Waals surface area contributed by atoms with Gasteiger partial charge < -0.3 is 15.0 Å². The quantitative estimate of drug-likeness (QED) is 0.581. The zero-order valence-corrected chi connectivity index (χ0v) is 20.4. The number of thiophene rings is 1. The van der Waals surface area contributed by atoms with Gasteiger partial charge in [0.05, 0.1) is 35.4 Å². The molecule has 1 fully saturated rings. The second-order valence-electron chi connectivity index (χ2n) is 9.70. The Morgan fingerprint density at radius 2 is 1.82 bits per heavy atom. The van der Waals surface area contributed by atoms with Crippen molar-refractivity contribution in [2.45, 2.75) is 32.7 Å². The maximum absolute atomic E-state index is 14.0. The summed E-state index contributed by atoms with van der Waals surface area (Å²) >= 11 is 1.47. The lowest BCUT2D eigenvalue weighted by atomic mass is 9.75. The smallest absolute Gasteiger partial charge is 0.255 e. The molecule has 0 bridgehead atoms. The number of benzene rings is 1. The van der Waals surface area contributed by atoms with Gasteiger partial charge >= 0.3 is 0 Å². The van der Waals surface area contributed by atoms with E-state index in [4.69, 9.17) is 4.74 Å². The summed E-state index contributed by atoms with van der Waals surface area (Å²) < 4.78 is 5.55. The van der Waals surface area contributed by atoms with Crippen LogP contribution < -0.4 is 10.2 Å². The number of nitrogens with zero attached hydrogens (tertiary/aromatic N) is 2. The number of carbonyl (C=O) groups excluding carboxylic acids is 2. The summed E-state index contributed by atoms with van der Waals surface area (Å²) in [6, 6.07) is 15.2. The molecule has 1 aromatic carbocycles. The number of ether oxygens (including phenoxy) is 1. The normalized spacial score (nSPS) is 18.3. The number of hydrogen-bond donors (Lipinski definition) is 1. The lowest BCUT2D eigenvalue weighted by Gasteiger charge is -2.30. The van der Waals surface area contributed by atoms with Crippen LogP contribution in [0, 0.1) is 5.41 Å². The maximum atomic E-state index is 14.0. The maximum Gasteiger partial charge on any atom is 0.255 e. The number of anilines is 1. The van der Waals surface area contributed by atoms with Gasteiger partial charge in [0.25, 0.3) is 5.91 Å². The fourth-order valence-electron chi connectivity index (χ4n) is 4.85. The predicted octanol–water partition coefficient (Wildman–Crippen LogP) is 4.65. The highest BCUT2D eigenvalue weighted by molar-refractivity contribution is 7.18. The third-order valence-corrected chi connectivity index (χ3v) is 7.79. The number of hydrogen-bond acceptors (Lipinski definition) is 6. The summed E-state index contributed by atoms with van der Waals surface area (Å²) in [5, 5.41) is 4.14. The van der Waals surface area contributed by atoms with Gasteiger partial charge in [-0.3, -0.25) is 14.6 Å². The molecule has 2 aliphatic rings. The van der Waals surface area contributed by atoms with Gasteiger partial charge in [0.2, 0.25) is 0 Å². The minimum atomic E-state index is -0.393. The standard InChI is InChI=1S/C27H29N3O3S/c1-27(2)16-19-22(26(30-12-14-33-15-13-30)34-24(19)21(31)17-27)25(32)29-23(18-8-4-3-5-9-18)20-10-6-7-11-28-20/h3-11,23H,12-17H2,1-2H3,(H,29,32). The Morgan fingerprint density at radius 3 is 2.53 bits per heavy atom. The Hall–Kier alpha value is -3.03. The van der Waals surface area contributed by atoms with E-state index < -0.39 is 6.04 Å². The van der Waals surface area contributed by atoms with Crippen molar-refractivity contribution in [3.05, 3.63) is 82.0 Å². The minimum absolute atomic E-state index is 0.133. The van der Waals surface area contributed by atoms with Crippen LogP contribution in [0.4, 0.5) is 5.00 Å². The van der Waals surface area contributed by atoms with Crippen LogP contribution in [0.3, 0.4) is 0 Å². The zero-order chi connectivity index (χ0) is 23.7. The van der Waals surface area contributed by atoms with E-state index >= 15 is 0 Å². The van der Waals surface area contributed by atoms with Crippen LogP contribution in [-0.2, 0) is 11.2 Å². The summed E-state index contributed by atoms with van der Waals surface area (Å²) in [6.07, 6.45) is 2.95. The number of rotatable bonds is 5. The molecule has 3 heterocycles. The van der Waals surface area contributed by atoms with Crippen LogP contribution in [0.25, 0.3) is 0 Å². The number of amides is 1. The van der Waals surface area contributed by atoms with E-state index in [2.05, 4.69) is 29.0 Å². The molecule has 3 aromatic rings. The molecular weight excluding hydrogens is 446 g/mol. The summed E-state index contributed by atoms with van der Waals surface area (Å²) in [5.74, 6) is -0.0295. The molecule has 1 aliphatic heterocycles. The van der Waals surface area contributed by atoms with Crippen molar-refractivity contribution in [2.75, 3.05) is 31.2 Å². The largest absolute Gasteiger partial charge is 0.378 e. The van der Waals surface area contributed by atoms with Gasteiger partial charge in [-0.05, 0) is 35.1 Å². The number of nitrogens with one attached hydrogen (secondary N) is 1. The highest BCUT2D eigenvalue weighted by atomic mass is 32.1. The molecule has 1 saturated heterocycles. The van der Waals surface area contributed by atoms with E-state index in [0.717, 1.165) is 26.7 Å². The third kappa shape index (κ3) is 4.50. The summed E-state index contributed by atoms with van der Waals surface area (Å²) in [4.78, 5) is 34.5. The van der Waals surface area contributed by atoms with E-state index in [1.807, 2.05) is 48.5 Å². The van der Waals surface area contributed by atoms with Gasteiger partial charge in [-0.2, -0.15) is 0 Å². The second kappa shape index (κ2) is 9.31. The van der Waals surface area contributed by atoms with Crippen LogP contribution >= 0.6 is 11.3 Å². The molecular formula is C27H29N3O3S. The van der Waals surface area contributed by atoms with E-state index in [0.29, 0.717) is 44.7 Å². The number of morpholine rings is 1. The van der Waals surface area contributed by atoms with Crippen LogP contribution in [0.1, 0.15) is 63.2 Å². The molecule has 0 radical (unpaired) electrons. The van der Waals surface area contributed by atoms with Gasteiger partial charge in [0.15, 0.2) is 5.78 Å². The Bertz CT molecular complexity index is 1150. The van der Waals surface area contributed by atoms with Crippen molar-refractivity contribution in [3.8, 4) is 0 Å². The first kappa shape index (κ1) is 22.7. The van der Waals surface area contributed by atoms with Crippen LogP contribution in [-0.4, -0.2) is 43.0 Å². The number of fused-ring (bicyclic) bond motifs is 1. The van der Waals surface area contributed by atoms with Gasteiger partial charge in [0, 0.05) is 25.7 Å². The average molecular weight is 476 g/mol.